The van der Waals surface area contributed by atoms with Gasteiger partial charge in [0.1, 0.15) is 11.5 Å². The molecule has 0 aliphatic carbocycles. The van der Waals surface area contributed by atoms with Gasteiger partial charge in [-0.25, -0.2) is 4.79 Å². The molecule has 0 saturated carbocycles. The van der Waals surface area contributed by atoms with Crippen molar-refractivity contribution in [3.8, 4) is 23.8 Å². The largest absolute Gasteiger partial charge is 0.497 e. The lowest BCUT2D eigenvalue weighted by molar-refractivity contribution is 0.0734. The Morgan fingerprint density at radius 3 is 2.71 bits per heavy atom. The number of methoxy groups -OCH3 is 1. The van der Waals surface area contributed by atoms with E-state index in [0.29, 0.717) is 27.6 Å². The van der Waals surface area contributed by atoms with Gasteiger partial charge in [0, 0.05) is 10.6 Å². The van der Waals surface area contributed by atoms with E-state index < -0.39 is 5.97 Å². The Labute approximate surface area is 144 Å². The molecule has 0 saturated heterocycles. The van der Waals surface area contributed by atoms with E-state index in [-0.39, 0.29) is 6.61 Å². The fraction of sp³-hybridized carbons (Fsp3) is 0.111. The van der Waals surface area contributed by atoms with Crippen molar-refractivity contribution in [2.75, 3.05) is 13.7 Å². The summed E-state index contributed by atoms with van der Waals surface area (Å²) < 4.78 is 10.4. The van der Waals surface area contributed by atoms with Crippen molar-refractivity contribution in [3.05, 3.63) is 58.6 Å². The average molecular weight is 344 g/mol. The fourth-order valence-electron chi connectivity index (χ4n) is 1.77. The van der Waals surface area contributed by atoms with Gasteiger partial charge in [0.25, 0.3) is 0 Å². The first kappa shape index (κ1) is 17.4. The highest BCUT2D eigenvalue weighted by Gasteiger charge is 2.12. The summed E-state index contributed by atoms with van der Waals surface area (Å²) in [6, 6.07) is 11.4. The molecule has 0 unspecified atom stereocenters. The molecule has 0 radical (unpaired) electrons. The normalized spacial score (nSPS) is 10.2. The fourth-order valence-corrected chi connectivity index (χ4v) is 1.95. The number of terminal acetylenes is 1. The van der Waals surface area contributed by atoms with Crippen LogP contribution in [-0.2, 0) is 4.84 Å². The molecule has 0 aliphatic rings. The number of hydrogen-bond acceptors (Lipinski definition) is 5. The van der Waals surface area contributed by atoms with E-state index >= 15 is 0 Å². The SMILES string of the molecule is C#CCON=Cc1cc(Cl)ccc1OC(=O)c1ccc(OC)cc1. The third-order valence-corrected chi connectivity index (χ3v) is 3.15. The van der Waals surface area contributed by atoms with Crippen molar-refractivity contribution in [1.29, 1.82) is 0 Å². The molecular formula is C18H14ClNO4. The number of carbonyl (C=O) groups is 1. The molecule has 0 amide bonds. The van der Waals surface area contributed by atoms with Crippen LogP contribution in [-0.4, -0.2) is 25.9 Å². The van der Waals surface area contributed by atoms with Crippen LogP contribution in [0, 0.1) is 12.3 Å². The molecular weight excluding hydrogens is 330 g/mol. The second-order valence-corrected chi connectivity index (χ2v) is 4.95. The van der Waals surface area contributed by atoms with E-state index in [1.54, 1.807) is 49.6 Å². The Morgan fingerprint density at radius 2 is 2.04 bits per heavy atom. The predicted molar refractivity (Wildman–Crippen MR) is 91.8 cm³/mol. The van der Waals surface area contributed by atoms with E-state index in [0.717, 1.165) is 0 Å². The van der Waals surface area contributed by atoms with Gasteiger partial charge in [-0.2, -0.15) is 0 Å². The van der Waals surface area contributed by atoms with Crippen LogP contribution in [0.15, 0.2) is 47.6 Å². The molecule has 2 aromatic rings. The van der Waals surface area contributed by atoms with Crippen LogP contribution in [0.5, 0.6) is 11.5 Å². The quantitative estimate of drug-likeness (QED) is 0.201. The monoisotopic (exact) mass is 343 g/mol. The van der Waals surface area contributed by atoms with Crippen LogP contribution in [0.3, 0.4) is 0 Å². The van der Waals surface area contributed by atoms with Crippen molar-refractivity contribution in [2.24, 2.45) is 5.16 Å². The zero-order valence-corrected chi connectivity index (χ0v) is 13.6. The molecule has 122 valence electrons. The summed E-state index contributed by atoms with van der Waals surface area (Å²) in [5, 5.41) is 4.17. The second-order valence-electron chi connectivity index (χ2n) is 4.51. The Hall–Kier alpha value is -2.97. The molecule has 0 aromatic heterocycles. The lowest BCUT2D eigenvalue weighted by Gasteiger charge is -2.08. The Kier molecular flexibility index (Phi) is 6.23. The number of benzene rings is 2. The maximum atomic E-state index is 12.2. The minimum absolute atomic E-state index is 0.0397. The molecule has 2 aromatic carbocycles. The molecule has 5 nitrogen and oxygen atoms in total. The third kappa shape index (κ3) is 4.77. The molecule has 0 N–H and O–H groups in total. The van der Waals surface area contributed by atoms with Crippen LogP contribution in [0.1, 0.15) is 15.9 Å². The van der Waals surface area contributed by atoms with E-state index in [1.807, 2.05) is 0 Å². The number of hydrogen-bond donors (Lipinski definition) is 0. The third-order valence-electron chi connectivity index (χ3n) is 2.91. The summed E-state index contributed by atoms with van der Waals surface area (Å²) in [4.78, 5) is 17.1. The summed E-state index contributed by atoms with van der Waals surface area (Å²) in [7, 11) is 1.55. The smallest absolute Gasteiger partial charge is 0.343 e. The maximum absolute atomic E-state index is 12.2. The maximum Gasteiger partial charge on any atom is 0.343 e. The van der Waals surface area contributed by atoms with Crippen LogP contribution < -0.4 is 9.47 Å². The highest BCUT2D eigenvalue weighted by molar-refractivity contribution is 6.30. The summed E-state index contributed by atoms with van der Waals surface area (Å²) in [5.74, 6) is 2.72. The van der Waals surface area contributed by atoms with Gasteiger partial charge in [-0.1, -0.05) is 22.7 Å². The van der Waals surface area contributed by atoms with E-state index in [1.165, 1.54) is 6.21 Å². The van der Waals surface area contributed by atoms with Gasteiger partial charge in [0.15, 0.2) is 6.61 Å². The molecule has 24 heavy (non-hydrogen) atoms. The minimum atomic E-state index is -0.515. The minimum Gasteiger partial charge on any atom is -0.497 e. The molecule has 0 aliphatic heterocycles. The molecule has 2 rings (SSSR count). The molecule has 0 atom stereocenters. The van der Waals surface area contributed by atoms with Gasteiger partial charge >= 0.3 is 5.97 Å². The number of halogens is 1. The van der Waals surface area contributed by atoms with E-state index in [2.05, 4.69) is 11.1 Å². The summed E-state index contributed by atoms with van der Waals surface area (Å²) >= 11 is 5.95. The van der Waals surface area contributed by atoms with Gasteiger partial charge in [-0.05, 0) is 42.5 Å². The summed E-state index contributed by atoms with van der Waals surface area (Å²) in [6.45, 7) is 0.0397. The number of rotatable bonds is 6. The lowest BCUT2D eigenvalue weighted by atomic mass is 10.2. The van der Waals surface area contributed by atoms with Crippen LogP contribution >= 0.6 is 11.6 Å². The molecule has 0 spiro atoms. The van der Waals surface area contributed by atoms with Crippen molar-refractivity contribution in [3.63, 3.8) is 0 Å². The standard InChI is InChI=1S/C18H14ClNO4/c1-3-10-23-20-12-14-11-15(19)6-9-17(14)24-18(21)13-4-7-16(22-2)8-5-13/h1,4-9,11-12H,10H2,2H3. The number of ether oxygens (including phenoxy) is 2. The van der Waals surface area contributed by atoms with Crippen molar-refractivity contribution in [2.45, 2.75) is 0 Å². The Morgan fingerprint density at radius 1 is 1.29 bits per heavy atom. The van der Waals surface area contributed by atoms with E-state index in [9.17, 15) is 4.79 Å². The molecule has 0 heterocycles. The van der Waals surface area contributed by atoms with E-state index in [4.69, 9.17) is 32.3 Å². The topological polar surface area (TPSA) is 57.1 Å². The first-order valence-electron chi connectivity index (χ1n) is 6.88. The highest BCUT2D eigenvalue weighted by atomic mass is 35.5. The summed E-state index contributed by atoms with van der Waals surface area (Å²) in [5.41, 5.74) is 0.874. The Bertz CT molecular complexity index is 779. The molecule has 0 fully saturated rings. The van der Waals surface area contributed by atoms with Crippen LogP contribution in [0.2, 0.25) is 5.02 Å². The molecule has 6 heteroatoms. The predicted octanol–water partition coefficient (Wildman–Crippen LogP) is 3.55. The van der Waals surface area contributed by atoms with Crippen molar-refractivity contribution < 1.29 is 19.1 Å². The zero-order valence-electron chi connectivity index (χ0n) is 12.9. The first-order valence-corrected chi connectivity index (χ1v) is 7.26. The first-order chi connectivity index (χ1) is 11.6. The highest BCUT2D eigenvalue weighted by Crippen LogP contribution is 2.23. The van der Waals surface area contributed by atoms with Gasteiger partial charge in [-0.15, -0.1) is 6.42 Å². The molecule has 0 bridgehead atoms. The van der Waals surface area contributed by atoms with Crippen molar-refractivity contribution in [1.82, 2.24) is 0 Å². The van der Waals surface area contributed by atoms with Gasteiger partial charge < -0.3 is 14.3 Å². The zero-order chi connectivity index (χ0) is 17.4. The van der Waals surface area contributed by atoms with Gasteiger partial charge in [0.05, 0.1) is 18.9 Å². The summed E-state index contributed by atoms with van der Waals surface area (Å²) in [6.07, 6.45) is 6.44. The number of nitrogens with zero attached hydrogens (tertiary/aromatic N) is 1. The number of carbonyl (C=O) groups excluding carboxylic acids is 1. The Balaban J connectivity index is 2.17. The number of esters is 1. The van der Waals surface area contributed by atoms with Crippen LogP contribution in [0.4, 0.5) is 0 Å². The lowest BCUT2D eigenvalue weighted by Crippen LogP contribution is -2.09. The van der Waals surface area contributed by atoms with Gasteiger partial charge in [-0.3, -0.25) is 0 Å². The number of oxime groups is 1. The van der Waals surface area contributed by atoms with Gasteiger partial charge in [0.2, 0.25) is 0 Å². The van der Waals surface area contributed by atoms with Crippen LogP contribution in [0.25, 0.3) is 0 Å². The average Bonchev–Trinajstić information content (AvgIpc) is 2.61. The second kappa shape index (κ2) is 8.61. The van der Waals surface area contributed by atoms with Crippen molar-refractivity contribution >= 4 is 23.8 Å².